The molecule has 0 aliphatic rings. The molecule has 114 valence electrons. The average molecular weight is 294 g/mol. The number of carbonyl (C=O) groups is 3. The van der Waals surface area contributed by atoms with Crippen LogP contribution < -0.4 is 10.2 Å². The van der Waals surface area contributed by atoms with Crippen molar-refractivity contribution in [2.24, 2.45) is 0 Å². The number of nitrogens with zero attached hydrogens (tertiary/aromatic N) is 1. The number of carboxylic acid groups (broad SMARTS) is 1. The monoisotopic (exact) mass is 294 g/mol. The van der Waals surface area contributed by atoms with E-state index in [0.29, 0.717) is 5.69 Å². The highest BCUT2D eigenvalue weighted by Gasteiger charge is 2.17. The second kappa shape index (κ2) is 7.88. The molecule has 0 aliphatic heterocycles. The van der Waals surface area contributed by atoms with Gasteiger partial charge in [-0.3, -0.25) is 14.5 Å². The molecule has 0 spiro atoms. The number of aryl methyl sites for hydroxylation is 1. The van der Waals surface area contributed by atoms with E-state index in [-0.39, 0.29) is 19.5 Å². The Morgan fingerprint density at radius 2 is 1.86 bits per heavy atom. The number of carboxylic acids is 1. The molecule has 0 saturated carbocycles. The number of hydrogen-bond donors (Lipinski definition) is 2. The minimum Gasteiger partial charge on any atom is -0.481 e. The molecule has 7 nitrogen and oxygen atoms in total. The molecule has 1 aromatic rings. The number of methoxy groups -OCH3 is 1. The predicted molar refractivity (Wildman–Crippen MR) is 76.2 cm³/mol. The Morgan fingerprint density at radius 1 is 1.24 bits per heavy atom. The van der Waals surface area contributed by atoms with Crippen LogP contribution in [0.1, 0.15) is 12.0 Å². The van der Waals surface area contributed by atoms with Crippen LogP contribution in [0.25, 0.3) is 0 Å². The van der Waals surface area contributed by atoms with E-state index in [1.54, 1.807) is 12.1 Å². The lowest BCUT2D eigenvalue weighted by Gasteiger charge is -2.22. The van der Waals surface area contributed by atoms with Gasteiger partial charge in [0.25, 0.3) is 0 Å². The average Bonchev–Trinajstić information content (AvgIpc) is 2.46. The molecule has 0 bridgehead atoms. The number of urea groups is 1. The molecule has 0 heterocycles. The summed E-state index contributed by atoms with van der Waals surface area (Å²) in [6.45, 7) is 1.64. The van der Waals surface area contributed by atoms with Crippen LogP contribution >= 0.6 is 0 Å². The van der Waals surface area contributed by atoms with Gasteiger partial charge in [0.1, 0.15) is 6.54 Å². The smallest absolute Gasteiger partial charge is 0.325 e. The first kappa shape index (κ1) is 16.5. The van der Waals surface area contributed by atoms with E-state index >= 15 is 0 Å². The summed E-state index contributed by atoms with van der Waals surface area (Å²) in [5.74, 6) is -1.58. The predicted octanol–water partition coefficient (Wildman–Crippen LogP) is 1.16. The Hall–Kier alpha value is -2.57. The number of carbonyl (C=O) groups excluding carboxylic acids is 2. The number of rotatable bonds is 6. The van der Waals surface area contributed by atoms with Crippen molar-refractivity contribution >= 4 is 23.7 Å². The van der Waals surface area contributed by atoms with Crippen molar-refractivity contribution in [1.29, 1.82) is 0 Å². The van der Waals surface area contributed by atoms with Gasteiger partial charge >= 0.3 is 18.0 Å². The Morgan fingerprint density at radius 3 is 2.38 bits per heavy atom. The second-order valence-electron chi connectivity index (χ2n) is 4.37. The summed E-state index contributed by atoms with van der Waals surface area (Å²) < 4.78 is 4.43. The molecular weight excluding hydrogens is 276 g/mol. The second-order valence-corrected chi connectivity index (χ2v) is 4.37. The molecule has 0 unspecified atom stereocenters. The van der Waals surface area contributed by atoms with E-state index in [2.05, 4.69) is 10.1 Å². The van der Waals surface area contributed by atoms with E-state index in [1.807, 2.05) is 19.1 Å². The number of hydrogen-bond acceptors (Lipinski definition) is 4. The van der Waals surface area contributed by atoms with Crippen LogP contribution in [0.2, 0.25) is 0 Å². The molecule has 0 fully saturated rings. The molecule has 1 aromatic carbocycles. The molecule has 2 amide bonds. The van der Waals surface area contributed by atoms with Gasteiger partial charge in [-0.25, -0.2) is 4.79 Å². The van der Waals surface area contributed by atoms with Gasteiger partial charge in [0.05, 0.1) is 13.5 Å². The first-order chi connectivity index (χ1) is 9.93. The van der Waals surface area contributed by atoms with Crippen LogP contribution in [-0.4, -0.2) is 43.3 Å². The molecule has 21 heavy (non-hydrogen) atoms. The minimum atomic E-state index is -1.01. The Kier molecular flexibility index (Phi) is 6.19. The SMILES string of the molecule is COC(=O)CNC(=O)N(CCC(=O)O)c1ccc(C)cc1. The molecular formula is C14H18N2O5. The number of aliphatic carboxylic acids is 1. The highest BCUT2D eigenvalue weighted by molar-refractivity contribution is 5.94. The zero-order valence-corrected chi connectivity index (χ0v) is 12.0. The quantitative estimate of drug-likeness (QED) is 0.767. The number of nitrogens with one attached hydrogen (secondary N) is 1. The maximum Gasteiger partial charge on any atom is 0.325 e. The molecule has 2 N–H and O–H groups in total. The van der Waals surface area contributed by atoms with Gasteiger partial charge in [-0.05, 0) is 19.1 Å². The summed E-state index contributed by atoms with van der Waals surface area (Å²) in [7, 11) is 1.22. The standard InChI is InChI=1S/C14H18N2O5/c1-10-3-5-11(6-4-10)16(8-7-12(17)18)14(20)15-9-13(19)21-2/h3-6H,7-9H2,1-2H3,(H,15,20)(H,17,18). The van der Waals surface area contributed by atoms with Crippen LogP contribution in [0.15, 0.2) is 24.3 Å². The summed E-state index contributed by atoms with van der Waals surface area (Å²) in [6, 6.07) is 6.52. The number of amides is 2. The summed E-state index contributed by atoms with van der Waals surface area (Å²) >= 11 is 0. The number of anilines is 1. The van der Waals surface area contributed by atoms with Gasteiger partial charge in [0, 0.05) is 12.2 Å². The third kappa shape index (κ3) is 5.52. The van der Waals surface area contributed by atoms with Crippen LogP contribution in [0, 0.1) is 6.92 Å². The van der Waals surface area contributed by atoms with Gasteiger partial charge in [0.15, 0.2) is 0 Å². The van der Waals surface area contributed by atoms with Gasteiger partial charge in [-0.2, -0.15) is 0 Å². The largest absolute Gasteiger partial charge is 0.481 e. The third-order valence-electron chi connectivity index (χ3n) is 2.75. The fourth-order valence-corrected chi connectivity index (χ4v) is 1.60. The number of esters is 1. The summed E-state index contributed by atoms with van der Waals surface area (Å²) in [5.41, 5.74) is 1.58. The lowest BCUT2D eigenvalue weighted by Crippen LogP contribution is -2.43. The highest BCUT2D eigenvalue weighted by atomic mass is 16.5. The fraction of sp³-hybridized carbons (Fsp3) is 0.357. The molecule has 1 rings (SSSR count). The maximum absolute atomic E-state index is 12.1. The van der Waals surface area contributed by atoms with Crippen LogP contribution in [-0.2, 0) is 14.3 Å². The molecule has 0 aromatic heterocycles. The lowest BCUT2D eigenvalue weighted by atomic mass is 10.2. The van der Waals surface area contributed by atoms with E-state index < -0.39 is 18.0 Å². The van der Waals surface area contributed by atoms with E-state index in [0.717, 1.165) is 5.56 Å². The van der Waals surface area contributed by atoms with Crippen molar-refractivity contribution < 1.29 is 24.2 Å². The van der Waals surface area contributed by atoms with Gasteiger partial charge in [-0.15, -0.1) is 0 Å². The van der Waals surface area contributed by atoms with Crippen molar-refractivity contribution in [3.05, 3.63) is 29.8 Å². The first-order valence-corrected chi connectivity index (χ1v) is 6.34. The van der Waals surface area contributed by atoms with Gasteiger partial charge in [0.2, 0.25) is 0 Å². The highest BCUT2D eigenvalue weighted by Crippen LogP contribution is 2.15. The van der Waals surface area contributed by atoms with Gasteiger partial charge in [-0.1, -0.05) is 17.7 Å². The van der Waals surface area contributed by atoms with E-state index in [4.69, 9.17) is 5.11 Å². The van der Waals surface area contributed by atoms with Crippen molar-refractivity contribution in [2.45, 2.75) is 13.3 Å². The Balaban J connectivity index is 2.80. The van der Waals surface area contributed by atoms with Crippen LogP contribution in [0.3, 0.4) is 0 Å². The van der Waals surface area contributed by atoms with Crippen molar-refractivity contribution in [3.8, 4) is 0 Å². The van der Waals surface area contributed by atoms with Crippen molar-refractivity contribution in [2.75, 3.05) is 25.1 Å². The molecule has 0 radical (unpaired) electrons. The summed E-state index contributed by atoms with van der Waals surface area (Å²) in [6.07, 6.45) is -0.195. The first-order valence-electron chi connectivity index (χ1n) is 6.34. The fourth-order valence-electron chi connectivity index (χ4n) is 1.60. The zero-order valence-electron chi connectivity index (χ0n) is 12.0. The maximum atomic E-state index is 12.1. The van der Waals surface area contributed by atoms with Crippen molar-refractivity contribution in [3.63, 3.8) is 0 Å². The number of benzene rings is 1. The van der Waals surface area contributed by atoms with Crippen molar-refractivity contribution in [1.82, 2.24) is 5.32 Å². The molecule has 0 saturated heterocycles. The molecule has 0 atom stereocenters. The van der Waals surface area contributed by atoms with Crippen LogP contribution in [0.4, 0.5) is 10.5 Å². The topological polar surface area (TPSA) is 95.9 Å². The number of ether oxygens (including phenoxy) is 1. The normalized spacial score (nSPS) is 9.81. The molecule has 0 aliphatic carbocycles. The van der Waals surface area contributed by atoms with Crippen LogP contribution in [0.5, 0.6) is 0 Å². The lowest BCUT2D eigenvalue weighted by molar-refractivity contribution is -0.139. The van der Waals surface area contributed by atoms with E-state index in [1.165, 1.54) is 12.0 Å². The summed E-state index contributed by atoms with van der Waals surface area (Å²) in [5, 5.41) is 11.1. The zero-order chi connectivity index (χ0) is 15.8. The molecule has 7 heteroatoms. The minimum absolute atomic E-state index is 0.00536. The Labute approximate surface area is 122 Å². The Bertz CT molecular complexity index is 513. The van der Waals surface area contributed by atoms with E-state index in [9.17, 15) is 14.4 Å². The third-order valence-corrected chi connectivity index (χ3v) is 2.75. The van der Waals surface area contributed by atoms with Gasteiger partial charge < -0.3 is 15.2 Å². The summed E-state index contributed by atoms with van der Waals surface area (Å²) in [4.78, 5) is 35.1.